The van der Waals surface area contributed by atoms with E-state index in [9.17, 15) is 14.4 Å². The summed E-state index contributed by atoms with van der Waals surface area (Å²) in [6, 6.07) is -0.718. The average molecular weight is 279 g/mol. The van der Waals surface area contributed by atoms with E-state index in [0.717, 1.165) is 4.90 Å². The van der Waals surface area contributed by atoms with Crippen LogP contribution >= 0.6 is 0 Å². The highest BCUT2D eigenvalue weighted by atomic mass is 16.2. The second kappa shape index (κ2) is 5.03. The van der Waals surface area contributed by atoms with Crippen molar-refractivity contribution in [3.05, 3.63) is 12.2 Å². The highest BCUT2D eigenvalue weighted by Gasteiger charge is 2.51. The number of hydrogen-bond donors (Lipinski definition) is 1. The Balaban J connectivity index is 2.30. The lowest BCUT2D eigenvalue weighted by Crippen LogP contribution is -2.63. The summed E-state index contributed by atoms with van der Waals surface area (Å²) in [6.45, 7) is 3.47. The van der Waals surface area contributed by atoms with E-state index in [4.69, 9.17) is 0 Å². The number of carbonyl (C=O) groups is 3. The highest BCUT2D eigenvalue weighted by Crippen LogP contribution is 2.32. The second-order valence-corrected chi connectivity index (χ2v) is 4.77. The molecule has 4 amide bonds. The predicted octanol–water partition coefficient (Wildman–Crippen LogP) is 0.200. The molecule has 1 aliphatic heterocycles. The molecule has 0 aliphatic carbocycles. The van der Waals surface area contributed by atoms with Crippen LogP contribution in [-0.2, 0) is 23.2 Å². The molecule has 0 unspecified atom stereocenters. The Morgan fingerprint density at radius 3 is 2.40 bits per heavy atom. The molecule has 1 fully saturated rings. The zero-order valence-electron chi connectivity index (χ0n) is 11.7. The molecule has 108 valence electrons. The minimum atomic E-state index is -1.18. The fourth-order valence-corrected chi connectivity index (χ4v) is 2.35. The van der Waals surface area contributed by atoms with Crippen LogP contribution in [0.15, 0.2) is 6.33 Å². The Morgan fingerprint density at radius 1 is 1.25 bits per heavy atom. The Kier molecular flexibility index (Phi) is 3.56. The van der Waals surface area contributed by atoms with Crippen LogP contribution in [0.5, 0.6) is 0 Å². The number of imide groups is 2. The first-order valence-corrected chi connectivity index (χ1v) is 6.46. The lowest BCUT2D eigenvalue weighted by atomic mass is 9.78. The van der Waals surface area contributed by atoms with Crippen LogP contribution in [-0.4, -0.2) is 37.5 Å². The number of urea groups is 1. The van der Waals surface area contributed by atoms with Gasteiger partial charge >= 0.3 is 6.03 Å². The first kappa shape index (κ1) is 14.2. The number of aromatic nitrogens is 3. The van der Waals surface area contributed by atoms with Gasteiger partial charge in [-0.25, -0.2) is 9.78 Å². The Morgan fingerprint density at radius 2 is 1.90 bits per heavy atom. The van der Waals surface area contributed by atoms with Crippen molar-refractivity contribution in [2.45, 2.75) is 33.2 Å². The topological polar surface area (TPSA) is 97.2 Å². The number of hydrogen-bond acceptors (Lipinski definition) is 5. The molecule has 0 aromatic carbocycles. The average Bonchev–Trinajstić information content (AvgIpc) is 2.82. The summed E-state index contributed by atoms with van der Waals surface area (Å²) in [4.78, 5) is 41.4. The van der Waals surface area contributed by atoms with Gasteiger partial charge in [0.1, 0.15) is 11.7 Å². The molecule has 0 atom stereocenters. The standard InChI is InChI=1S/C12H17N5O3/c1-4-12(5-2)9(18)14-11(20)17(10(12)19)6-8-13-7-16(3)15-8/h7H,4-6H2,1-3H3,(H,14,18,20). The number of amides is 4. The fraction of sp³-hybridized carbons (Fsp3) is 0.583. The lowest BCUT2D eigenvalue weighted by Gasteiger charge is -2.37. The van der Waals surface area contributed by atoms with E-state index >= 15 is 0 Å². The third-order valence-corrected chi connectivity index (χ3v) is 3.71. The van der Waals surface area contributed by atoms with Crippen molar-refractivity contribution in [2.75, 3.05) is 0 Å². The third-order valence-electron chi connectivity index (χ3n) is 3.71. The number of rotatable bonds is 4. The molecule has 2 rings (SSSR count). The second-order valence-electron chi connectivity index (χ2n) is 4.77. The molecule has 0 bridgehead atoms. The van der Waals surface area contributed by atoms with Crippen LogP contribution in [0.25, 0.3) is 0 Å². The van der Waals surface area contributed by atoms with Crippen molar-refractivity contribution in [1.82, 2.24) is 25.0 Å². The van der Waals surface area contributed by atoms with Gasteiger partial charge in [0.25, 0.3) is 0 Å². The first-order valence-electron chi connectivity index (χ1n) is 6.46. The summed E-state index contributed by atoms with van der Waals surface area (Å²) in [7, 11) is 1.69. The van der Waals surface area contributed by atoms with Crippen molar-refractivity contribution in [3.63, 3.8) is 0 Å². The summed E-state index contributed by atoms with van der Waals surface area (Å²) in [5, 5.41) is 6.28. The summed E-state index contributed by atoms with van der Waals surface area (Å²) >= 11 is 0. The molecule has 2 heterocycles. The van der Waals surface area contributed by atoms with E-state index in [-0.39, 0.29) is 6.54 Å². The molecule has 1 N–H and O–H groups in total. The van der Waals surface area contributed by atoms with E-state index in [1.807, 2.05) is 0 Å². The van der Waals surface area contributed by atoms with Gasteiger partial charge in [-0.3, -0.25) is 24.5 Å². The van der Waals surface area contributed by atoms with E-state index in [1.54, 1.807) is 20.9 Å². The number of nitrogens with one attached hydrogen (secondary N) is 1. The molecular formula is C12H17N5O3. The molecule has 20 heavy (non-hydrogen) atoms. The summed E-state index contributed by atoms with van der Waals surface area (Å²) in [5.41, 5.74) is -1.18. The van der Waals surface area contributed by atoms with E-state index in [1.165, 1.54) is 11.0 Å². The maximum absolute atomic E-state index is 12.5. The van der Waals surface area contributed by atoms with Crippen molar-refractivity contribution in [3.8, 4) is 0 Å². The minimum Gasteiger partial charge on any atom is -0.277 e. The molecule has 0 radical (unpaired) electrons. The van der Waals surface area contributed by atoms with Crippen LogP contribution < -0.4 is 5.32 Å². The van der Waals surface area contributed by atoms with Crippen LogP contribution in [0.4, 0.5) is 4.79 Å². The number of barbiturate groups is 1. The Labute approximate surface area is 116 Å². The summed E-state index contributed by atoms with van der Waals surface area (Å²) < 4.78 is 1.49. The van der Waals surface area contributed by atoms with Gasteiger partial charge in [-0.2, -0.15) is 5.10 Å². The van der Waals surface area contributed by atoms with Crippen molar-refractivity contribution >= 4 is 17.8 Å². The number of aryl methyl sites for hydroxylation is 1. The number of nitrogens with zero attached hydrogens (tertiary/aromatic N) is 4. The van der Waals surface area contributed by atoms with Crippen molar-refractivity contribution in [2.24, 2.45) is 12.5 Å². The molecule has 8 heteroatoms. The fourth-order valence-electron chi connectivity index (χ4n) is 2.35. The van der Waals surface area contributed by atoms with Gasteiger partial charge in [0.05, 0.1) is 6.54 Å². The smallest absolute Gasteiger partial charge is 0.277 e. The minimum absolute atomic E-state index is 0.0411. The van der Waals surface area contributed by atoms with Crippen molar-refractivity contribution in [1.29, 1.82) is 0 Å². The largest absolute Gasteiger partial charge is 0.331 e. The molecule has 0 spiro atoms. The first-order chi connectivity index (χ1) is 9.44. The number of carbonyl (C=O) groups excluding carboxylic acids is 3. The van der Waals surface area contributed by atoms with Gasteiger partial charge < -0.3 is 0 Å². The van der Waals surface area contributed by atoms with E-state index in [2.05, 4.69) is 15.4 Å². The molecule has 1 aromatic heterocycles. The Hall–Kier alpha value is -2.25. The van der Waals surface area contributed by atoms with Gasteiger partial charge in [0.2, 0.25) is 11.8 Å². The maximum atomic E-state index is 12.5. The van der Waals surface area contributed by atoms with Crippen LogP contribution in [0.2, 0.25) is 0 Å². The van der Waals surface area contributed by atoms with Gasteiger partial charge in [-0.15, -0.1) is 0 Å². The Bertz CT molecular complexity index is 561. The van der Waals surface area contributed by atoms with E-state index in [0.29, 0.717) is 18.7 Å². The molecule has 0 saturated carbocycles. The third kappa shape index (κ3) is 2.06. The lowest BCUT2D eigenvalue weighted by molar-refractivity contribution is -0.152. The van der Waals surface area contributed by atoms with Gasteiger partial charge in [0, 0.05) is 7.05 Å². The quantitative estimate of drug-likeness (QED) is 0.794. The van der Waals surface area contributed by atoms with Crippen LogP contribution in [0, 0.1) is 5.41 Å². The molecule has 1 aromatic rings. The molecule has 1 saturated heterocycles. The molecular weight excluding hydrogens is 262 g/mol. The van der Waals surface area contributed by atoms with Gasteiger partial charge in [-0.1, -0.05) is 13.8 Å². The van der Waals surface area contributed by atoms with Crippen LogP contribution in [0.1, 0.15) is 32.5 Å². The zero-order valence-corrected chi connectivity index (χ0v) is 11.7. The van der Waals surface area contributed by atoms with Crippen LogP contribution in [0.3, 0.4) is 0 Å². The molecule has 1 aliphatic rings. The maximum Gasteiger partial charge on any atom is 0.331 e. The van der Waals surface area contributed by atoms with Gasteiger partial charge in [-0.05, 0) is 12.8 Å². The normalized spacial score (nSPS) is 18.4. The van der Waals surface area contributed by atoms with E-state index < -0.39 is 23.3 Å². The van der Waals surface area contributed by atoms with Gasteiger partial charge in [0.15, 0.2) is 5.82 Å². The SMILES string of the molecule is CCC1(CC)C(=O)NC(=O)N(Cc2ncn(C)n2)C1=O. The molecule has 8 nitrogen and oxygen atoms in total. The monoisotopic (exact) mass is 279 g/mol. The zero-order chi connectivity index (χ0) is 14.9. The summed E-state index contributed by atoms with van der Waals surface area (Å²) in [6.07, 6.45) is 2.17. The highest BCUT2D eigenvalue weighted by molar-refractivity contribution is 6.18. The van der Waals surface area contributed by atoms with Crippen molar-refractivity contribution < 1.29 is 14.4 Å². The predicted molar refractivity (Wildman–Crippen MR) is 68.1 cm³/mol. The summed E-state index contributed by atoms with van der Waals surface area (Å²) in [5.74, 6) is -0.655.